The zero-order valence-electron chi connectivity index (χ0n) is 11.1. The number of hydrogen-bond donors (Lipinski definition) is 1. The Morgan fingerprint density at radius 2 is 1.89 bits per heavy atom. The van der Waals surface area contributed by atoms with Gasteiger partial charge in [-0.05, 0) is 44.9 Å². The molecule has 2 bridgehead atoms. The van der Waals surface area contributed by atoms with Crippen LogP contribution in [-0.4, -0.2) is 24.9 Å². The highest BCUT2D eigenvalue weighted by Gasteiger charge is 2.43. The van der Waals surface area contributed by atoms with Crippen LogP contribution in [0.15, 0.2) is 0 Å². The quantitative estimate of drug-likeness (QED) is 0.756. The van der Waals surface area contributed by atoms with Gasteiger partial charge in [-0.2, -0.15) is 0 Å². The molecule has 0 aliphatic heterocycles. The highest BCUT2D eigenvalue weighted by Crippen LogP contribution is 2.50. The van der Waals surface area contributed by atoms with E-state index in [1.165, 1.54) is 19.3 Å². The van der Waals surface area contributed by atoms with Crippen molar-refractivity contribution in [3.05, 3.63) is 0 Å². The van der Waals surface area contributed by atoms with E-state index in [0.29, 0.717) is 5.92 Å². The van der Waals surface area contributed by atoms with Crippen molar-refractivity contribution >= 4 is 13.2 Å². The molecule has 2 rings (SSSR count). The van der Waals surface area contributed by atoms with E-state index in [0.717, 1.165) is 12.3 Å². The Hall–Kier alpha value is -0.380. The van der Waals surface area contributed by atoms with Gasteiger partial charge in [0.1, 0.15) is 0 Å². The number of carbonyl (C=O) groups excluding carboxylic acids is 1. The molecule has 2 saturated carbocycles. The van der Waals surface area contributed by atoms with E-state index in [9.17, 15) is 9.36 Å². The van der Waals surface area contributed by atoms with Crippen molar-refractivity contribution in [3.8, 4) is 0 Å². The highest BCUT2D eigenvalue weighted by atomic mass is 31.2. The summed E-state index contributed by atoms with van der Waals surface area (Å²) in [7, 11) is -3.64. The van der Waals surface area contributed by atoms with Gasteiger partial charge >= 0.3 is 13.2 Å². The Morgan fingerprint density at radius 1 is 1.22 bits per heavy atom. The number of amides is 1. The average Bonchev–Trinajstić information content (AvgIpc) is 2.91. The molecule has 18 heavy (non-hydrogen) atoms. The van der Waals surface area contributed by atoms with E-state index >= 15 is 0 Å². The van der Waals surface area contributed by atoms with Gasteiger partial charge in [0.05, 0.1) is 13.2 Å². The van der Waals surface area contributed by atoms with Gasteiger partial charge in [0.25, 0.3) is 0 Å². The molecule has 3 unspecified atom stereocenters. The molecule has 0 saturated heterocycles. The van der Waals surface area contributed by atoms with Crippen LogP contribution in [0.5, 0.6) is 0 Å². The van der Waals surface area contributed by atoms with E-state index in [1.807, 2.05) is 0 Å². The summed E-state index contributed by atoms with van der Waals surface area (Å²) in [5.41, 5.74) is -0.566. The Balaban J connectivity index is 1.95. The largest absolute Gasteiger partial charge is 0.418 e. The van der Waals surface area contributed by atoms with Crippen LogP contribution in [-0.2, 0) is 13.6 Å². The highest BCUT2D eigenvalue weighted by molar-refractivity contribution is 7.71. The summed E-state index contributed by atoms with van der Waals surface area (Å²) in [6, 6.07) is 0.158. The summed E-state index contributed by atoms with van der Waals surface area (Å²) < 4.78 is 22.3. The first kappa shape index (κ1) is 14.0. The minimum atomic E-state index is -3.64. The molecule has 0 aromatic rings. The summed E-state index contributed by atoms with van der Waals surface area (Å²) in [5, 5.41) is 2.87. The molecule has 6 heteroatoms. The Morgan fingerprint density at radius 3 is 2.33 bits per heavy atom. The van der Waals surface area contributed by atoms with Crippen LogP contribution in [0.25, 0.3) is 0 Å². The predicted molar refractivity (Wildman–Crippen MR) is 68.6 cm³/mol. The molecule has 2 aliphatic carbocycles. The lowest BCUT2D eigenvalue weighted by Gasteiger charge is -2.25. The normalized spacial score (nSPS) is 30.7. The van der Waals surface area contributed by atoms with Crippen molar-refractivity contribution in [2.75, 3.05) is 13.2 Å². The molecule has 2 aliphatic rings. The van der Waals surface area contributed by atoms with Gasteiger partial charge in [-0.3, -0.25) is 4.79 Å². The van der Waals surface area contributed by atoms with Crippen LogP contribution in [0.2, 0.25) is 0 Å². The zero-order valence-corrected chi connectivity index (χ0v) is 11.9. The molecule has 0 aromatic carbocycles. The Kier molecular flexibility index (Phi) is 4.46. The molecule has 0 spiro atoms. The Labute approximate surface area is 108 Å². The Bertz CT molecular complexity index is 350. The number of carbonyl (C=O) groups is 1. The number of rotatable bonds is 6. The fraction of sp³-hybridized carbons (Fsp3) is 0.917. The van der Waals surface area contributed by atoms with Gasteiger partial charge < -0.3 is 14.4 Å². The van der Waals surface area contributed by atoms with Gasteiger partial charge in [0.15, 0.2) is 0 Å². The summed E-state index contributed by atoms with van der Waals surface area (Å²) in [4.78, 5) is 12.1. The molecule has 3 atom stereocenters. The molecule has 2 fully saturated rings. The van der Waals surface area contributed by atoms with Crippen LogP contribution in [0, 0.1) is 11.8 Å². The van der Waals surface area contributed by atoms with Crippen molar-refractivity contribution in [2.24, 2.45) is 11.8 Å². The second-order valence-electron chi connectivity index (χ2n) is 5.06. The minimum Gasteiger partial charge on any atom is -0.343 e. The van der Waals surface area contributed by atoms with Gasteiger partial charge in [-0.25, -0.2) is 4.57 Å². The van der Waals surface area contributed by atoms with E-state index < -0.39 is 13.2 Å². The molecule has 1 amide bonds. The molecule has 0 radical (unpaired) electrons. The minimum absolute atomic E-state index is 0.158. The second-order valence-corrected chi connectivity index (χ2v) is 6.98. The lowest BCUT2D eigenvalue weighted by atomic mass is 9.96. The van der Waals surface area contributed by atoms with Crippen LogP contribution < -0.4 is 5.32 Å². The zero-order chi connectivity index (χ0) is 13.2. The SMILES string of the molecule is CCOP(=O)(OCC)C(=O)NC1CC2CCC1C2. The van der Waals surface area contributed by atoms with E-state index in [4.69, 9.17) is 9.05 Å². The maximum absolute atomic E-state index is 12.3. The maximum atomic E-state index is 12.3. The van der Waals surface area contributed by atoms with Crippen LogP contribution >= 0.6 is 7.60 Å². The lowest BCUT2D eigenvalue weighted by molar-refractivity contribution is 0.203. The van der Waals surface area contributed by atoms with Crippen molar-refractivity contribution in [1.29, 1.82) is 0 Å². The van der Waals surface area contributed by atoms with Crippen molar-refractivity contribution in [1.82, 2.24) is 5.32 Å². The summed E-state index contributed by atoms with van der Waals surface area (Å²) >= 11 is 0. The number of nitrogens with one attached hydrogen (secondary N) is 1. The third kappa shape index (κ3) is 2.79. The molecule has 5 nitrogen and oxygen atoms in total. The smallest absolute Gasteiger partial charge is 0.343 e. The van der Waals surface area contributed by atoms with Gasteiger partial charge in [-0.1, -0.05) is 6.42 Å². The first-order chi connectivity index (χ1) is 8.59. The molecular weight excluding hydrogens is 253 g/mol. The van der Waals surface area contributed by atoms with Gasteiger partial charge in [0.2, 0.25) is 0 Å². The fourth-order valence-corrected chi connectivity index (χ4v) is 4.47. The van der Waals surface area contributed by atoms with Crippen LogP contribution in [0.1, 0.15) is 39.5 Å². The van der Waals surface area contributed by atoms with Crippen molar-refractivity contribution < 1.29 is 18.4 Å². The molecule has 104 valence electrons. The first-order valence-corrected chi connectivity index (χ1v) is 8.33. The van der Waals surface area contributed by atoms with Crippen LogP contribution in [0.4, 0.5) is 4.79 Å². The van der Waals surface area contributed by atoms with Crippen molar-refractivity contribution in [2.45, 2.75) is 45.6 Å². The fourth-order valence-electron chi connectivity index (χ4n) is 3.15. The van der Waals surface area contributed by atoms with Crippen LogP contribution in [0.3, 0.4) is 0 Å². The summed E-state index contributed by atoms with van der Waals surface area (Å²) in [6.07, 6.45) is 4.64. The number of hydrogen-bond acceptors (Lipinski definition) is 4. The van der Waals surface area contributed by atoms with E-state index in [1.54, 1.807) is 13.8 Å². The first-order valence-electron chi connectivity index (χ1n) is 6.79. The lowest BCUT2D eigenvalue weighted by Crippen LogP contribution is -2.38. The maximum Gasteiger partial charge on any atom is 0.418 e. The molecule has 0 aromatic heterocycles. The monoisotopic (exact) mass is 275 g/mol. The summed E-state index contributed by atoms with van der Waals surface area (Å²) in [5.74, 6) is 1.29. The second kappa shape index (κ2) is 5.72. The third-order valence-electron chi connectivity index (χ3n) is 3.89. The topological polar surface area (TPSA) is 64.6 Å². The molecule has 1 N–H and O–H groups in total. The van der Waals surface area contributed by atoms with Gasteiger partial charge in [0, 0.05) is 6.04 Å². The molecular formula is C12H22NO4P. The van der Waals surface area contributed by atoms with E-state index in [2.05, 4.69) is 5.32 Å². The van der Waals surface area contributed by atoms with Crippen molar-refractivity contribution in [3.63, 3.8) is 0 Å². The number of fused-ring (bicyclic) bond motifs is 2. The molecule has 0 heterocycles. The van der Waals surface area contributed by atoms with Gasteiger partial charge in [-0.15, -0.1) is 0 Å². The van der Waals surface area contributed by atoms with E-state index in [-0.39, 0.29) is 19.3 Å². The summed E-state index contributed by atoms with van der Waals surface area (Å²) in [6.45, 7) is 3.83. The average molecular weight is 275 g/mol. The standard InChI is InChI=1S/C12H22NO4P/c1-3-16-18(15,17-4-2)12(14)13-11-8-9-5-6-10(11)7-9/h9-11H,3-8H2,1-2H3,(H,13,14). The predicted octanol–water partition coefficient (Wildman–Crippen LogP) is 3.15. The third-order valence-corrected chi connectivity index (χ3v) is 5.72.